The van der Waals surface area contributed by atoms with E-state index in [1.54, 1.807) is 12.4 Å². The fourth-order valence-electron chi connectivity index (χ4n) is 4.44. The summed E-state index contributed by atoms with van der Waals surface area (Å²) < 4.78 is 0. The van der Waals surface area contributed by atoms with Gasteiger partial charge in [0.05, 0.1) is 29.2 Å². The van der Waals surface area contributed by atoms with Crippen LogP contribution in [0.2, 0.25) is 0 Å². The number of nitrogens with zero attached hydrogens (tertiary/aromatic N) is 5. The van der Waals surface area contributed by atoms with Crippen molar-refractivity contribution in [2.45, 2.75) is 64.4 Å². The third kappa shape index (κ3) is 7.05. The normalized spacial score (nSPS) is 19.4. The number of unbranched alkanes of at least 4 members (excludes halogenated alkanes) is 1. The lowest BCUT2D eigenvalue weighted by atomic mass is 9.96. The average molecular weight is 480 g/mol. The summed E-state index contributed by atoms with van der Waals surface area (Å²) in [5, 5.41) is 16.1. The maximum Gasteiger partial charge on any atom is 0.227 e. The highest BCUT2D eigenvalue weighted by molar-refractivity contribution is 5.93. The molecule has 2 fully saturated rings. The molecule has 0 unspecified atom stereocenters. The molecular formula is C26H37N7O2. The number of amides is 1. The van der Waals surface area contributed by atoms with Gasteiger partial charge in [0, 0.05) is 24.4 Å². The molecule has 2 aliphatic rings. The first-order valence-corrected chi connectivity index (χ1v) is 12.8. The number of nitrogens with one attached hydrogen (secondary N) is 2. The van der Waals surface area contributed by atoms with Crippen molar-refractivity contribution in [1.29, 1.82) is 0 Å². The van der Waals surface area contributed by atoms with Gasteiger partial charge in [-0.3, -0.25) is 9.78 Å². The SMILES string of the molecule is CCCCNc1ncc(-c2ccc(NC(=O)C3CCN(C)CC3)cn2)c(N=C2CCC(O)CC2)n1. The number of aliphatic hydroxyl groups excluding tert-OH is 1. The van der Waals surface area contributed by atoms with Gasteiger partial charge in [0.15, 0.2) is 5.82 Å². The Kier molecular flexibility index (Phi) is 8.76. The number of rotatable bonds is 8. The molecule has 1 amide bonds. The molecule has 9 nitrogen and oxygen atoms in total. The number of aromatic nitrogens is 3. The van der Waals surface area contributed by atoms with Crippen LogP contribution in [0.1, 0.15) is 58.3 Å². The fraction of sp³-hybridized carbons (Fsp3) is 0.577. The van der Waals surface area contributed by atoms with Crippen LogP contribution in [0.3, 0.4) is 0 Å². The molecule has 0 radical (unpaired) electrons. The highest BCUT2D eigenvalue weighted by atomic mass is 16.3. The Bertz CT molecular complexity index is 1010. The Hall–Kier alpha value is -2.91. The zero-order valence-corrected chi connectivity index (χ0v) is 20.8. The van der Waals surface area contributed by atoms with E-state index in [9.17, 15) is 9.90 Å². The first-order valence-electron chi connectivity index (χ1n) is 12.8. The first-order chi connectivity index (χ1) is 17.0. The molecule has 3 heterocycles. The third-order valence-electron chi connectivity index (χ3n) is 6.77. The second-order valence-corrected chi connectivity index (χ2v) is 9.62. The molecule has 3 N–H and O–H groups in total. The van der Waals surface area contributed by atoms with E-state index < -0.39 is 0 Å². The second-order valence-electron chi connectivity index (χ2n) is 9.62. The Morgan fingerprint density at radius 3 is 2.60 bits per heavy atom. The maximum atomic E-state index is 12.7. The Balaban J connectivity index is 1.51. The van der Waals surface area contributed by atoms with Gasteiger partial charge in [0.25, 0.3) is 0 Å². The van der Waals surface area contributed by atoms with Crippen molar-refractivity contribution in [1.82, 2.24) is 19.9 Å². The summed E-state index contributed by atoms with van der Waals surface area (Å²) in [5.74, 6) is 1.24. The van der Waals surface area contributed by atoms with Gasteiger partial charge >= 0.3 is 0 Å². The van der Waals surface area contributed by atoms with Crippen molar-refractivity contribution in [2.75, 3.05) is 37.3 Å². The first kappa shape index (κ1) is 25.2. The number of anilines is 2. The summed E-state index contributed by atoms with van der Waals surface area (Å²) >= 11 is 0. The van der Waals surface area contributed by atoms with Crippen LogP contribution < -0.4 is 10.6 Å². The van der Waals surface area contributed by atoms with Gasteiger partial charge in [-0.2, -0.15) is 4.98 Å². The lowest BCUT2D eigenvalue weighted by molar-refractivity contribution is -0.121. The molecule has 9 heteroatoms. The van der Waals surface area contributed by atoms with Crippen LogP contribution in [0.15, 0.2) is 29.5 Å². The summed E-state index contributed by atoms with van der Waals surface area (Å²) in [4.78, 5) is 33.5. The van der Waals surface area contributed by atoms with E-state index in [1.165, 1.54) is 0 Å². The number of aliphatic hydroxyl groups is 1. The van der Waals surface area contributed by atoms with Crippen molar-refractivity contribution >= 4 is 29.1 Å². The van der Waals surface area contributed by atoms with Crippen molar-refractivity contribution < 1.29 is 9.90 Å². The van der Waals surface area contributed by atoms with Crippen molar-refractivity contribution in [3.8, 4) is 11.3 Å². The van der Waals surface area contributed by atoms with E-state index in [2.05, 4.69) is 44.5 Å². The molecule has 0 spiro atoms. The predicted molar refractivity (Wildman–Crippen MR) is 139 cm³/mol. The molecule has 188 valence electrons. The standard InChI is InChI=1S/C26H37N7O2/c1-3-4-13-27-26-29-17-22(24(32-26)30-19-5-8-21(34)9-6-19)23-10-7-20(16-28-23)31-25(35)18-11-14-33(2)15-12-18/h7,10,16-18,21,34H,3-6,8-9,11-15H2,1-2H3,(H,31,35)(H,27,29,32). The number of piperidine rings is 1. The lowest BCUT2D eigenvalue weighted by Crippen LogP contribution is -2.35. The minimum Gasteiger partial charge on any atom is -0.393 e. The van der Waals surface area contributed by atoms with Crippen molar-refractivity contribution in [2.24, 2.45) is 10.9 Å². The summed E-state index contributed by atoms with van der Waals surface area (Å²) in [6.45, 7) is 4.85. The number of carbonyl (C=O) groups excluding carboxylic acids is 1. The smallest absolute Gasteiger partial charge is 0.227 e. The maximum absolute atomic E-state index is 12.7. The topological polar surface area (TPSA) is 116 Å². The van der Waals surface area contributed by atoms with Gasteiger partial charge in [0.2, 0.25) is 11.9 Å². The van der Waals surface area contributed by atoms with Crippen LogP contribution in [0, 0.1) is 5.92 Å². The van der Waals surface area contributed by atoms with Crippen LogP contribution in [-0.4, -0.2) is 69.4 Å². The van der Waals surface area contributed by atoms with E-state index in [-0.39, 0.29) is 17.9 Å². The molecule has 2 aromatic heterocycles. The zero-order valence-electron chi connectivity index (χ0n) is 20.8. The molecule has 1 aliphatic heterocycles. The van der Waals surface area contributed by atoms with Crippen LogP contribution in [-0.2, 0) is 4.79 Å². The monoisotopic (exact) mass is 479 g/mol. The Morgan fingerprint density at radius 1 is 1.14 bits per heavy atom. The molecule has 1 saturated heterocycles. The Morgan fingerprint density at radius 2 is 1.91 bits per heavy atom. The second kappa shape index (κ2) is 12.2. The van der Waals surface area contributed by atoms with E-state index in [4.69, 9.17) is 4.99 Å². The molecule has 0 bridgehead atoms. The summed E-state index contributed by atoms with van der Waals surface area (Å²) in [6, 6.07) is 3.75. The number of pyridine rings is 1. The van der Waals surface area contributed by atoms with Crippen LogP contribution >= 0.6 is 0 Å². The summed E-state index contributed by atoms with van der Waals surface area (Å²) in [5.41, 5.74) is 3.18. The molecule has 0 aromatic carbocycles. The van der Waals surface area contributed by atoms with Crippen LogP contribution in [0.25, 0.3) is 11.3 Å². The molecular weight excluding hydrogens is 442 g/mol. The van der Waals surface area contributed by atoms with E-state index in [1.807, 2.05) is 12.1 Å². The third-order valence-corrected chi connectivity index (χ3v) is 6.77. The van der Waals surface area contributed by atoms with Gasteiger partial charge in [-0.1, -0.05) is 13.3 Å². The van der Waals surface area contributed by atoms with Crippen molar-refractivity contribution in [3.63, 3.8) is 0 Å². The number of likely N-dealkylation sites (tertiary alicyclic amines) is 1. The highest BCUT2D eigenvalue weighted by Gasteiger charge is 2.23. The van der Waals surface area contributed by atoms with Gasteiger partial charge in [-0.05, 0) is 77.2 Å². The number of carbonyl (C=O) groups is 1. The van der Waals surface area contributed by atoms with Crippen LogP contribution in [0.4, 0.5) is 17.5 Å². The largest absolute Gasteiger partial charge is 0.393 e. The molecule has 1 aliphatic carbocycles. The molecule has 0 atom stereocenters. The highest BCUT2D eigenvalue weighted by Crippen LogP contribution is 2.30. The minimum atomic E-state index is -0.246. The molecule has 35 heavy (non-hydrogen) atoms. The number of hydrogen-bond acceptors (Lipinski definition) is 8. The number of hydrogen-bond donors (Lipinski definition) is 3. The zero-order chi connectivity index (χ0) is 24.6. The van der Waals surface area contributed by atoms with E-state index in [0.717, 1.165) is 82.3 Å². The molecule has 4 rings (SSSR count). The predicted octanol–water partition coefficient (Wildman–Crippen LogP) is 4.04. The lowest BCUT2D eigenvalue weighted by Gasteiger charge is -2.28. The Labute approximate surface area is 207 Å². The summed E-state index contributed by atoms with van der Waals surface area (Å²) in [7, 11) is 2.09. The van der Waals surface area contributed by atoms with Gasteiger partial charge in [-0.25, -0.2) is 9.98 Å². The number of aliphatic imine (C=N–C) groups is 1. The van der Waals surface area contributed by atoms with Crippen molar-refractivity contribution in [3.05, 3.63) is 24.5 Å². The minimum absolute atomic E-state index is 0.0449. The molecule has 2 aromatic rings. The fourth-order valence-corrected chi connectivity index (χ4v) is 4.44. The van der Waals surface area contributed by atoms with Crippen LogP contribution in [0.5, 0.6) is 0 Å². The summed E-state index contributed by atoms with van der Waals surface area (Å²) in [6.07, 6.45) is 10.1. The average Bonchev–Trinajstić information content (AvgIpc) is 2.87. The van der Waals surface area contributed by atoms with Gasteiger partial charge in [0.1, 0.15) is 0 Å². The molecule has 1 saturated carbocycles. The van der Waals surface area contributed by atoms with Gasteiger partial charge in [-0.15, -0.1) is 0 Å². The van der Waals surface area contributed by atoms with Gasteiger partial charge < -0.3 is 20.6 Å². The van der Waals surface area contributed by atoms with E-state index >= 15 is 0 Å². The van der Waals surface area contributed by atoms with E-state index in [0.29, 0.717) is 23.1 Å². The quantitative estimate of drug-likeness (QED) is 0.489.